The van der Waals surface area contributed by atoms with Crippen molar-refractivity contribution < 1.29 is 14.6 Å². The van der Waals surface area contributed by atoms with Crippen molar-refractivity contribution in [3.8, 4) is 11.6 Å². The van der Waals surface area contributed by atoms with Gasteiger partial charge in [-0.15, -0.1) is 0 Å². The van der Waals surface area contributed by atoms with Crippen LogP contribution in [0.25, 0.3) is 0 Å². The molecule has 0 aliphatic rings. The number of ether oxygens (including phenoxy) is 1. The summed E-state index contributed by atoms with van der Waals surface area (Å²) in [5, 5.41) is 9.05. The van der Waals surface area contributed by atoms with E-state index in [2.05, 4.69) is 4.98 Å². The van der Waals surface area contributed by atoms with Gasteiger partial charge in [0.1, 0.15) is 11.3 Å². The van der Waals surface area contributed by atoms with Crippen molar-refractivity contribution in [3.63, 3.8) is 0 Å². The molecule has 0 bridgehead atoms. The largest absolute Gasteiger partial charge is 0.438 e. The highest BCUT2D eigenvalue weighted by atomic mass is 16.5. The Hall–Kier alpha value is -2.40. The van der Waals surface area contributed by atoms with Gasteiger partial charge in [0.15, 0.2) is 0 Å². The molecule has 0 saturated carbocycles. The van der Waals surface area contributed by atoms with Gasteiger partial charge in [-0.3, -0.25) is 4.79 Å². The standard InChI is InChI=1S/C15H16N2O3/c1-10-6-8-17-15(13(10)14(16)19)20-12-5-3-2-4-11(12)7-9-18/h2-6,8,18H,7,9H2,1H3,(H2,16,19). The van der Waals surface area contributed by atoms with Crippen molar-refractivity contribution >= 4 is 5.91 Å². The predicted octanol–water partition coefficient (Wildman–Crippen LogP) is 1.82. The Morgan fingerprint density at radius 2 is 2.10 bits per heavy atom. The summed E-state index contributed by atoms with van der Waals surface area (Å²) in [6.07, 6.45) is 2.03. The summed E-state index contributed by atoms with van der Waals surface area (Å²) >= 11 is 0. The van der Waals surface area contributed by atoms with Crippen LogP contribution in [-0.4, -0.2) is 22.6 Å². The molecule has 0 atom stereocenters. The number of benzene rings is 1. The molecule has 5 heteroatoms. The lowest BCUT2D eigenvalue weighted by Crippen LogP contribution is -2.15. The number of carbonyl (C=O) groups excluding carboxylic acids is 1. The summed E-state index contributed by atoms with van der Waals surface area (Å²) in [4.78, 5) is 15.6. The Balaban J connectivity index is 2.40. The van der Waals surface area contributed by atoms with E-state index in [0.717, 1.165) is 5.56 Å². The molecule has 1 heterocycles. The first-order chi connectivity index (χ1) is 9.63. The molecule has 3 N–H and O–H groups in total. The number of hydrogen-bond acceptors (Lipinski definition) is 4. The first-order valence-corrected chi connectivity index (χ1v) is 6.25. The fourth-order valence-corrected chi connectivity index (χ4v) is 1.94. The molecule has 0 unspecified atom stereocenters. The van der Waals surface area contributed by atoms with Gasteiger partial charge in [0.05, 0.1) is 0 Å². The van der Waals surface area contributed by atoms with Crippen LogP contribution < -0.4 is 10.5 Å². The average Bonchev–Trinajstić information content (AvgIpc) is 2.41. The van der Waals surface area contributed by atoms with Crippen molar-refractivity contribution in [2.45, 2.75) is 13.3 Å². The van der Waals surface area contributed by atoms with E-state index in [4.69, 9.17) is 15.6 Å². The maximum Gasteiger partial charge on any atom is 0.254 e. The van der Waals surface area contributed by atoms with Crippen LogP contribution in [0, 0.1) is 6.92 Å². The number of primary amides is 1. The number of nitrogens with zero attached hydrogens (tertiary/aromatic N) is 1. The molecule has 0 saturated heterocycles. The lowest BCUT2D eigenvalue weighted by atomic mass is 10.1. The third-order valence-electron chi connectivity index (χ3n) is 2.93. The summed E-state index contributed by atoms with van der Waals surface area (Å²) in [7, 11) is 0. The fraction of sp³-hybridized carbons (Fsp3) is 0.200. The molecule has 0 aliphatic heterocycles. The van der Waals surface area contributed by atoms with Crippen LogP contribution in [0.1, 0.15) is 21.5 Å². The van der Waals surface area contributed by atoms with Crippen LogP contribution in [-0.2, 0) is 6.42 Å². The minimum Gasteiger partial charge on any atom is -0.438 e. The number of nitrogens with two attached hydrogens (primary N) is 1. The molecule has 1 aromatic carbocycles. The quantitative estimate of drug-likeness (QED) is 0.869. The van der Waals surface area contributed by atoms with Crippen LogP contribution >= 0.6 is 0 Å². The molecular formula is C15H16N2O3. The molecule has 20 heavy (non-hydrogen) atoms. The molecule has 5 nitrogen and oxygen atoms in total. The molecule has 2 rings (SSSR count). The monoisotopic (exact) mass is 272 g/mol. The van der Waals surface area contributed by atoms with Gasteiger partial charge in [-0.2, -0.15) is 0 Å². The maximum atomic E-state index is 11.5. The van der Waals surface area contributed by atoms with Crippen LogP contribution in [0.15, 0.2) is 36.5 Å². The number of rotatable bonds is 5. The summed E-state index contributed by atoms with van der Waals surface area (Å²) < 4.78 is 5.71. The summed E-state index contributed by atoms with van der Waals surface area (Å²) in [6, 6.07) is 8.99. The van der Waals surface area contributed by atoms with Crippen LogP contribution in [0.5, 0.6) is 11.6 Å². The Morgan fingerprint density at radius 1 is 1.35 bits per heavy atom. The maximum absolute atomic E-state index is 11.5. The topological polar surface area (TPSA) is 85.4 Å². The van der Waals surface area contributed by atoms with Gasteiger partial charge < -0.3 is 15.6 Å². The van der Waals surface area contributed by atoms with Crippen molar-refractivity contribution in [3.05, 3.63) is 53.2 Å². The predicted molar refractivity (Wildman–Crippen MR) is 74.8 cm³/mol. The molecule has 0 fully saturated rings. The molecule has 0 radical (unpaired) electrons. The number of pyridine rings is 1. The lowest BCUT2D eigenvalue weighted by Gasteiger charge is -2.12. The summed E-state index contributed by atoms with van der Waals surface area (Å²) in [5.41, 5.74) is 7.19. The van der Waals surface area contributed by atoms with Crippen molar-refractivity contribution in [1.29, 1.82) is 0 Å². The van der Waals surface area contributed by atoms with Gasteiger partial charge in [-0.05, 0) is 36.6 Å². The number of aryl methyl sites for hydroxylation is 1. The average molecular weight is 272 g/mol. The van der Waals surface area contributed by atoms with Crippen LogP contribution in [0.2, 0.25) is 0 Å². The van der Waals surface area contributed by atoms with Gasteiger partial charge in [0, 0.05) is 12.8 Å². The second-order valence-corrected chi connectivity index (χ2v) is 4.36. The number of para-hydroxylation sites is 1. The Kier molecular flexibility index (Phi) is 4.32. The molecular weight excluding hydrogens is 256 g/mol. The molecule has 1 amide bonds. The zero-order valence-electron chi connectivity index (χ0n) is 11.2. The van der Waals surface area contributed by atoms with E-state index in [-0.39, 0.29) is 18.1 Å². The summed E-state index contributed by atoms with van der Waals surface area (Å²) in [6.45, 7) is 1.79. The van der Waals surface area contributed by atoms with E-state index in [1.807, 2.05) is 18.2 Å². The Labute approximate surface area is 117 Å². The van der Waals surface area contributed by atoms with Gasteiger partial charge in [-0.25, -0.2) is 4.98 Å². The number of aliphatic hydroxyl groups excluding tert-OH is 1. The van der Waals surface area contributed by atoms with Crippen molar-refractivity contribution in [1.82, 2.24) is 4.98 Å². The molecule has 0 aliphatic carbocycles. The van der Waals surface area contributed by atoms with Crippen LogP contribution in [0.3, 0.4) is 0 Å². The van der Waals surface area contributed by atoms with E-state index in [0.29, 0.717) is 17.7 Å². The Morgan fingerprint density at radius 3 is 2.80 bits per heavy atom. The number of amides is 1. The molecule has 1 aromatic heterocycles. The number of aromatic nitrogens is 1. The van der Waals surface area contributed by atoms with E-state index >= 15 is 0 Å². The first-order valence-electron chi connectivity index (χ1n) is 6.25. The normalized spacial score (nSPS) is 10.3. The minimum atomic E-state index is -0.578. The summed E-state index contributed by atoms with van der Waals surface area (Å²) in [5.74, 6) is 0.162. The van der Waals surface area contributed by atoms with E-state index < -0.39 is 5.91 Å². The van der Waals surface area contributed by atoms with Gasteiger partial charge in [0.25, 0.3) is 5.91 Å². The van der Waals surface area contributed by atoms with Crippen molar-refractivity contribution in [2.75, 3.05) is 6.61 Å². The van der Waals surface area contributed by atoms with Crippen molar-refractivity contribution in [2.24, 2.45) is 5.73 Å². The van der Waals surface area contributed by atoms with E-state index in [1.165, 1.54) is 0 Å². The number of aliphatic hydroxyl groups is 1. The zero-order chi connectivity index (χ0) is 14.5. The molecule has 2 aromatic rings. The lowest BCUT2D eigenvalue weighted by molar-refractivity contribution is 0.0997. The molecule has 0 spiro atoms. The SMILES string of the molecule is Cc1ccnc(Oc2ccccc2CCO)c1C(N)=O. The third kappa shape index (κ3) is 2.95. The highest BCUT2D eigenvalue weighted by Crippen LogP contribution is 2.27. The van der Waals surface area contributed by atoms with E-state index in [1.54, 1.807) is 25.3 Å². The van der Waals surface area contributed by atoms with Gasteiger partial charge in [0.2, 0.25) is 5.88 Å². The second-order valence-electron chi connectivity index (χ2n) is 4.36. The fourth-order valence-electron chi connectivity index (χ4n) is 1.94. The third-order valence-corrected chi connectivity index (χ3v) is 2.93. The minimum absolute atomic E-state index is 0.0182. The second kappa shape index (κ2) is 6.16. The number of carbonyl (C=O) groups is 1. The highest BCUT2D eigenvalue weighted by molar-refractivity contribution is 5.96. The van der Waals surface area contributed by atoms with E-state index in [9.17, 15) is 4.79 Å². The van der Waals surface area contributed by atoms with Gasteiger partial charge >= 0.3 is 0 Å². The first kappa shape index (κ1) is 14.0. The smallest absolute Gasteiger partial charge is 0.254 e. The number of hydrogen-bond donors (Lipinski definition) is 2. The van der Waals surface area contributed by atoms with Crippen LogP contribution in [0.4, 0.5) is 0 Å². The van der Waals surface area contributed by atoms with Gasteiger partial charge in [-0.1, -0.05) is 18.2 Å². The highest BCUT2D eigenvalue weighted by Gasteiger charge is 2.15. The Bertz CT molecular complexity index is 626. The zero-order valence-corrected chi connectivity index (χ0v) is 11.2. The molecule has 104 valence electrons.